The number of fused-ring (bicyclic) bond motifs is 1. The lowest BCUT2D eigenvalue weighted by atomic mass is 9.77. The molecule has 6 nitrogen and oxygen atoms in total. The predicted octanol–water partition coefficient (Wildman–Crippen LogP) is 9.15. The molecule has 1 aliphatic rings. The molecule has 1 aromatic heterocycles. The summed E-state index contributed by atoms with van der Waals surface area (Å²) in [6.07, 6.45) is 4.83. The molecule has 0 fully saturated rings. The molecule has 4 aromatic carbocycles. The smallest absolute Gasteiger partial charge is 0.273 e. The van der Waals surface area contributed by atoms with Crippen LogP contribution in [0.1, 0.15) is 54.5 Å². The van der Waals surface area contributed by atoms with Gasteiger partial charge < -0.3 is 5.32 Å². The minimum Gasteiger partial charge on any atom is -0.343 e. The predicted molar refractivity (Wildman–Crippen MR) is 197 cm³/mol. The van der Waals surface area contributed by atoms with E-state index in [1.165, 1.54) is 10.6 Å². The normalized spacial score (nSPS) is 13.6. The van der Waals surface area contributed by atoms with Crippen LogP contribution in [0, 0.1) is 0 Å². The lowest BCUT2D eigenvalue weighted by Crippen LogP contribution is -2.34. The van der Waals surface area contributed by atoms with E-state index in [4.69, 9.17) is 14.8 Å². The maximum absolute atomic E-state index is 14.1. The maximum atomic E-state index is 14.1. The van der Waals surface area contributed by atoms with E-state index in [1.807, 2.05) is 86.8 Å². The molecule has 0 saturated carbocycles. The summed E-state index contributed by atoms with van der Waals surface area (Å²) < 4.78 is 0. The van der Waals surface area contributed by atoms with E-state index in [9.17, 15) is 4.79 Å². The van der Waals surface area contributed by atoms with E-state index in [0.717, 1.165) is 45.1 Å². The molecule has 1 N–H and O–H groups in total. The molecule has 242 valence electrons. The van der Waals surface area contributed by atoms with Gasteiger partial charge in [-0.25, -0.2) is 10.0 Å². The van der Waals surface area contributed by atoms with E-state index in [1.54, 1.807) is 11.8 Å². The van der Waals surface area contributed by atoms with Crippen LogP contribution < -0.4 is 5.32 Å². The Balaban J connectivity index is 1.51. The van der Waals surface area contributed by atoms with Crippen LogP contribution in [-0.4, -0.2) is 34.9 Å². The number of carbonyl (C=O) groups excluding carboxylic acids is 1. The van der Waals surface area contributed by atoms with Crippen LogP contribution in [0.2, 0.25) is 0 Å². The van der Waals surface area contributed by atoms with Crippen LogP contribution in [0.3, 0.4) is 0 Å². The Labute approximate surface area is 287 Å². The number of aromatic nitrogens is 1. The Morgan fingerprint density at radius 3 is 1.96 bits per heavy atom. The standard InChI is InChI=1S/C41H40N4O2S/c1-3-25-45(47-4-2)40(46)32-26-33-29-42-39(48-30-31-17-9-5-10-18-31)28-37(33)43-38(27-32)44-41(34-19-11-6-12-20-34,35-21-13-7-14-22-35)36-23-15-8-16-24-36/h5-24,26,28-29H,3-4,25,27,30H2,1-2H3,(H,43,44). The fraction of sp³-hybridized carbons (Fsp3) is 0.195. The molecule has 0 radical (unpaired) electrons. The Kier molecular flexibility index (Phi) is 10.8. The number of anilines is 1. The van der Waals surface area contributed by atoms with Crippen molar-refractivity contribution in [3.8, 4) is 0 Å². The van der Waals surface area contributed by atoms with Gasteiger partial charge in [0.1, 0.15) is 11.4 Å². The van der Waals surface area contributed by atoms with Crippen molar-refractivity contribution in [2.45, 2.75) is 43.0 Å². The molecular formula is C41H40N4O2S. The fourth-order valence-corrected chi connectivity index (χ4v) is 6.82. The highest BCUT2D eigenvalue weighted by atomic mass is 32.2. The first-order valence-electron chi connectivity index (χ1n) is 16.4. The molecule has 0 atom stereocenters. The van der Waals surface area contributed by atoms with Crippen molar-refractivity contribution in [3.05, 3.63) is 167 Å². The number of carbonyl (C=O) groups is 1. The van der Waals surface area contributed by atoms with Crippen molar-refractivity contribution in [3.63, 3.8) is 0 Å². The van der Waals surface area contributed by atoms with Gasteiger partial charge in [0.05, 0.1) is 17.3 Å². The third-order valence-corrected chi connectivity index (χ3v) is 9.19. The number of nitrogens with one attached hydrogen (secondary N) is 1. The highest BCUT2D eigenvalue weighted by molar-refractivity contribution is 7.98. The summed E-state index contributed by atoms with van der Waals surface area (Å²) in [6.45, 7) is 4.83. The largest absolute Gasteiger partial charge is 0.343 e. The van der Waals surface area contributed by atoms with Crippen molar-refractivity contribution in [2.24, 2.45) is 4.99 Å². The van der Waals surface area contributed by atoms with Crippen molar-refractivity contribution in [1.82, 2.24) is 10.0 Å². The van der Waals surface area contributed by atoms with Gasteiger partial charge in [0.15, 0.2) is 0 Å². The first kappa shape index (κ1) is 32.9. The monoisotopic (exact) mass is 652 g/mol. The van der Waals surface area contributed by atoms with E-state index in [0.29, 0.717) is 24.6 Å². The summed E-state index contributed by atoms with van der Waals surface area (Å²) in [7, 11) is 0. The minimum atomic E-state index is -0.897. The zero-order chi connectivity index (χ0) is 33.2. The van der Waals surface area contributed by atoms with Crippen molar-refractivity contribution in [1.29, 1.82) is 0 Å². The quantitative estimate of drug-likeness (QED) is 0.0827. The Bertz CT molecular complexity index is 1760. The van der Waals surface area contributed by atoms with E-state index in [2.05, 4.69) is 72.0 Å². The van der Waals surface area contributed by atoms with Gasteiger partial charge in [-0.15, -0.1) is 11.8 Å². The van der Waals surface area contributed by atoms with Crippen molar-refractivity contribution < 1.29 is 9.63 Å². The molecule has 1 amide bonds. The van der Waals surface area contributed by atoms with Crippen LogP contribution in [0.5, 0.6) is 0 Å². The Hall–Kier alpha value is -4.98. The molecule has 7 heteroatoms. The summed E-state index contributed by atoms with van der Waals surface area (Å²) in [4.78, 5) is 30.4. The number of benzene rings is 4. The number of pyridine rings is 1. The first-order chi connectivity index (χ1) is 23.6. The van der Waals surface area contributed by atoms with Gasteiger partial charge in [-0.2, -0.15) is 0 Å². The number of thioether (sulfide) groups is 1. The third kappa shape index (κ3) is 7.43. The number of aliphatic imine (C=N–C) groups is 1. The summed E-state index contributed by atoms with van der Waals surface area (Å²) in [5.74, 6) is 1.29. The number of amides is 1. The van der Waals surface area contributed by atoms with Crippen LogP contribution in [-0.2, 0) is 20.9 Å². The van der Waals surface area contributed by atoms with Crippen molar-refractivity contribution in [2.75, 3.05) is 18.5 Å². The Morgan fingerprint density at radius 1 is 0.854 bits per heavy atom. The molecular weight excluding hydrogens is 613 g/mol. The number of amidine groups is 1. The summed E-state index contributed by atoms with van der Waals surface area (Å²) >= 11 is 1.68. The number of hydrogen-bond donors (Lipinski definition) is 1. The summed E-state index contributed by atoms with van der Waals surface area (Å²) in [6, 6.07) is 43.5. The second-order valence-electron chi connectivity index (χ2n) is 11.5. The average Bonchev–Trinajstić information content (AvgIpc) is 3.33. The summed E-state index contributed by atoms with van der Waals surface area (Å²) in [5.41, 5.74) is 5.65. The van der Waals surface area contributed by atoms with E-state index >= 15 is 0 Å². The lowest BCUT2D eigenvalue weighted by Gasteiger charge is -2.33. The lowest BCUT2D eigenvalue weighted by molar-refractivity contribution is -0.180. The van der Waals surface area contributed by atoms with E-state index in [-0.39, 0.29) is 12.3 Å². The summed E-state index contributed by atoms with van der Waals surface area (Å²) in [5, 5.41) is 6.04. The van der Waals surface area contributed by atoms with Crippen LogP contribution >= 0.6 is 11.8 Å². The molecule has 1 aliphatic heterocycles. The molecule has 48 heavy (non-hydrogen) atoms. The second-order valence-corrected chi connectivity index (χ2v) is 12.5. The third-order valence-electron chi connectivity index (χ3n) is 8.20. The average molecular weight is 653 g/mol. The molecule has 0 bridgehead atoms. The number of nitrogens with zero attached hydrogens (tertiary/aromatic N) is 3. The molecule has 0 spiro atoms. The minimum absolute atomic E-state index is 0.173. The molecule has 6 rings (SSSR count). The Morgan fingerprint density at radius 2 is 1.42 bits per heavy atom. The zero-order valence-electron chi connectivity index (χ0n) is 27.4. The van der Waals surface area contributed by atoms with Gasteiger partial charge in [-0.3, -0.25) is 14.6 Å². The van der Waals surface area contributed by atoms with Crippen LogP contribution in [0.15, 0.2) is 149 Å². The zero-order valence-corrected chi connectivity index (χ0v) is 28.2. The van der Waals surface area contributed by atoms with Gasteiger partial charge in [-0.1, -0.05) is 128 Å². The molecule has 2 heterocycles. The number of rotatable bonds is 12. The van der Waals surface area contributed by atoms with Crippen LogP contribution in [0.4, 0.5) is 5.69 Å². The first-order valence-corrected chi connectivity index (χ1v) is 17.4. The highest BCUT2D eigenvalue weighted by Gasteiger charge is 2.37. The second kappa shape index (κ2) is 15.7. The van der Waals surface area contributed by atoms with Gasteiger partial charge in [0.25, 0.3) is 5.91 Å². The SMILES string of the molecule is CCCN(OCC)C(=O)C1=Cc2cnc(SCc3ccccc3)cc2NC(=NC(c2ccccc2)(c2ccccc2)c2ccccc2)C1. The van der Waals surface area contributed by atoms with Gasteiger partial charge in [-0.05, 0) is 47.7 Å². The number of hydrogen-bond acceptors (Lipinski definition) is 5. The van der Waals surface area contributed by atoms with Gasteiger partial charge >= 0.3 is 0 Å². The molecule has 5 aromatic rings. The highest BCUT2D eigenvalue weighted by Crippen LogP contribution is 2.42. The van der Waals surface area contributed by atoms with Crippen molar-refractivity contribution >= 4 is 35.3 Å². The maximum Gasteiger partial charge on any atom is 0.273 e. The van der Waals surface area contributed by atoms with Gasteiger partial charge in [0.2, 0.25) is 0 Å². The molecule has 0 unspecified atom stereocenters. The fourth-order valence-electron chi connectivity index (χ4n) is 5.98. The number of hydroxylamine groups is 2. The van der Waals surface area contributed by atoms with E-state index < -0.39 is 5.54 Å². The topological polar surface area (TPSA) is 66.8 Å². The van der Waals surface area contributed by atoms with Crippen LogP contribution in [0.25, 0.3) is 6.08 Å². The molecule has 0 aliphatic carbocycles. The van der Waals surface area contributed by atoms with Gasteiger partial charge in [0, 0.05) is 36.1 Å². The molecule has 0 saturated heterocycles.